The Bertz CT molecular complexity index is 1110. The summed E-state index contributed by atoms with van der Waals surface area (Å²) in [6, 6.07) is 11.8. The first-order valence-electron chi connectivity index (χ1n) is 9.37. The van der Waals surface area contributed by atoms with Gasteiger partial charge >= 0.3 is 0 Å². The number of hydrogen-bond acceptors (Lipinski definition) is 5. The minimum Gasteiger partial charge on any atom is -0.337 e. The molecule has 0 saturated carbocycles. The Labute approximate surface area is 166 Å². The molecule has 1 amide bonds. The van der Waals surface area contributed by atoms with E-state index >= 15 is 0 Å². The first kappa shape index (κ1) is 17.1. The van der Waals surface area contributed by atoms with Crippen LogP contribution in [0.1, 0.15) is 34.3 Å². The molecule has 140 valence electrons. The fourth-order valence-electron chi connectivity index (χ4n) is 3.72. The van der Waals surface area contributed by atoms with Gasteiger partial charge < -0.3 is 4.90 Å². The SMILES string of the molecule is O=C(c1cccs1)N1CCC[C@H](c2nc3ccc(-c4ccncc4)cn3n2)C1. The second kappa shape index (κ2) is 7.16. The van der Waals surface area contributed by atoms with Gasteiger partial charge in [0.25, 0.3) is 5.91 Å². The Hall–Kier alpha value is -3.06. The third-order valence-corrected chi connectivity index (χ3v) is 6.02. The number of nitrogens with zero attached hydrogens (tertiary/aromatic N) is 5. The van der Waals surface area contributed by atoms with Gasteiger partial charge in [-0.05, 0) is 54.1 Å². The molecule has 6 nitrogen and oxygen atoms in total. The molecule has 0 unspecified atom stereocenters. The van der Waals surface area contributed by atoms with Crippen molar-refractivity contribution in [2.75, 3.05) is 13.1 Å². The maximum Gasteiger partial charge on any atom is 0.263 e. The maximum absolute atomic E-state index is 12.7. The van der Waals surface area contributed by atoms with E-state index in [0.29, 0.717) is 6.54 Å². The molecule has 1 saturated heterocycles. The van der Waals surface area contributed by atoms with Gasteiger partial charge in [0, 0.05) is 43.2 Å². The van der Waals surface area contributed by atoms with Gasteiger partial charge in [0.15, 0.2) is 11.5 Å². The van der Waals surface area contributed by atoms with E-state index in [2.05, 4.69) is 11.1 Å². The van der Waals surface area contributed by atoms with E-state index in [1.807, 2.05) is 51.3 Å². The first-order chi connectivity index (χ1) is 13.8. The smallest absolute Gasteiger partial charge is 0.263 e. The Morgan fingerprint density at radius 2 is 2.00 bits per heavy atom. The van der Waals surface area contributed by atoms with Crippen molar-refractivity contribution in [1.82, 2.24) is 24.5 Å². The topological polar surface area (TPSA) is 63.4 Å². The summed E-state index contributed by atoms with van der Waals surface area (Å²) in [7, 11) is 0. The highest BCUT2D eigenvalue weighted by molar-refractivity contribution is 7.12. The second-order valence-electron chi connectivity index (χ2n) is 6.99. The maximum atomic E-state index is 12.7. The van der Waals surface area contributed by atoms with E-state index in [1.54, 1.807) is 12.4 Å². The van der Waals surface area contributed by atoms with Crippen LogP contribution in [0.25, 0.3) is 16.8 Å². The highest BCUT2D eigenvalue weighted by atomic mass is 32.1. The van der Waals surface area contributed by atoms with Crippen LogP contribution in [-0.4, -0.2) is 43.5 Å². The minimum absolute atomic E-state index is 0.114. The molecule has 0 N–H and O–H groups in total. The van der Waals surface area contributed by atoms with E-state index in [0.717, 1.165) is 46.9 Å². The number of rotatable bonds is 3. The molecule has 0 spiro atoms. The lowest BCUT2D eigenvalue weighted by molar-refractivity contribution is 0.0709. The van der Waals surface area contributed by atoms with Crippen LogP contribution in [0.2, 0.25) is 0 Å². The molecule has 0 bridgehead atoms. The number of carbonyl (C=O) groups is 1. The summed E-state index contributed by atoms with van der Waals surface area (Å²) in [4.78, 5) is 24.2. The van der Waals surface area contributed by atoms with Gasteiger partial charge in [0.1, 0.15) is 0 Å². The van der Waals surface area contributed by atoms with Crippen LogP contribution in [-0.2, 0) is 0 Å². The molecule has 1 fully saturated rings. The van der Waals surface area contributed by atoms with Crippen LogP contribution in [0.5, 0.6) is 0 Å². The van der Waals surface area contributed by atoms with Crippen molar-refractivity contribution in [2.45, 2.75) is 18.8 Å². The monoisotopic (exact) mass is 389 g/mol. The van der Waals surface area contributed by atoms with E-state index in [4.69, 9.17) is 10.1 Å². The van der Waals surface area contributed by atoms with Crippen molar-refractivity contribution >= 4 is 22.9 Å². The Morgan fingerprint density at radius 1 is 1.11 bits per heavy atom. The highest BCUT2D eigenvalue weighted by Crippen LogP contribution is 2.27. The summed E-state index contributed by atoms with van der Waals surface area (Å²) in [6.45, 7) is 1.47. The lowest BCUT2D eigenvalue weighted by Crippen LogP contribution is -2.39. The number of piperidine rings is 1. The fraction of sp³-hybridized carbons (Fsp3) is 0.238. The molecular weight excluding hydrogens is 370 g/mol. The zero-order valence-corrected chi connectivity index (χ0v) is 16.0. The van der Waals surface area contributed by atoms with Gasteiger partial charge in [0.05, 0.1) is 4.88 Å². The van der Waals surface area contributed by atoms with Crippen LogP contribution in [0.15, 0.2) is 60.4 Å². The lowest BCUT2D eigenvalue weighted by Gasteiger charge is -2.31. The number of hydrogen-bond donors (Lipinski definition) is 0. The van der Waals surface area contributed by atoms with Gasteiger partial charge in [-0.2, -0.15) is 5.10 Å². The van der Waals surface area contributed by atoms with Crippen LogP contribution in [0.4, 0.5) is 0 Å². The predicted octanol–water partition coefficient (Wildman–Crippen LogP) is 3.87. The van der Waals surface area contributed by atoms with E-state index in [-0.39, 0.29) is 11.8 Å². The summed E-state index contributed by atoms with van der Waals surface area (Å²) < 4.78 is 1.84. The van der Waals surface area contributed by atoms with Gasteiger partial charge in [-0.3, -0.25) is 9.78 Å². The van der Waals surface area contributed by atoms with Crippen molar-refractivity contribution in [1.29, 1.82) is 0 Å². The molecule has 5 rings (SSSR count). The first-order valence-corrected chi connectivity index (χ1v) is 10.3. The molecule has 4 aromatic rings. The Kier molecular flexibility index (Phi) is 4.37. The molecule has 5 heterocycles. The summed E-state index contributed by atoms with van der Waals surface area (Å²) in [6.07, 6.45) is 7.54. The largest absolute Gasteiger partial charge is 0.337 e. The van der Waals surface area contributed by atoms with E-state index < -0.39 is 0 Å². The quantitative estimate of drug-likeness (QED) is 0.534. The van der Waals surface area contributed by atoms with Crippen molar-refractivity contribution in [3.63, 3.8) is 0 Å². The van der Waals surface area contributed by atoms with Crippen LogP contribution < -0.4 is 0 Å². The average molecular weight is 389 g/mol. The molecule has 1 atom stereocenters. The fourth-order valence-corrected chi connectivity index (χ4v) is 4.41. The average Bonchev–Trinajstić information content (AvgIpc) is 3.43. The molecule has 4 aromatic heterocycles. The molecule has 28 heavy (non-hydrogen) atoms. The van der Waals surface area contributed by atoms with Gasteiger partial charge in [-0.15, -0.1) is 11.3 Å². The van der Waals surface area contributed by atoms with Crippen LogP contribution in [0.3, 0.4) is 0 Å². The van der Waals surface area contributed by atoms with Gasteiger partial charge in [-0.1, -0.05) is 6.07 Å². The summed E-state index contributed by atoms with van der Waals surface area (Å²) >= 11 is 1.49. The van der Waals surface area contributed by atoms with Crippen molar-refractivity contribution in [2.24, 2.45) is 0 Å². The van der Waals surface area contributed by atoms with Crippen molar-refractivity contribution in [3.05, 3.63) is 71.1 Å². The third kappa shape index (κ3) is 3.18. The highest BCUT2D eigenvalue weighted by Gasteiger charge is 2.28. The zero-order valence-electron chi connectivity index (χ0n) is 15.2. The second-order valence-corrected chi connectivity index (χ2v) is 7.94. The molecule has 1 aliphatic rings. The standard InChI is InChI=1S/C21H19N5OS/c27-21(18-4-2-12-28-18)25-11-1-3-17(13-25)20-23-19-6-5-16(14-26(19)24-20)15-7-9-22-10-8-15/h2,4-10,12,14,17H,1,3,11,13H2/t17-/m0/s1. The van der Waals surface area contributed by atoms with Crippen LogP contribution in [0, 0.1) is 0 Å². The van der Waals surface area contributed by atoms with Crippen molar-refractivity contribution in [3.8, 4) is 11.1 Å². The van der Waals surface area contributed by atoms with Gasteiger partial charge in [-0.25, -0.2) is 9.50 Å². The number of amides is 1. The predicted molar refractivity (Wildman–Crippen MR) is 108 cm³/mol. The normalized spacial score (nSPS) is 17.1. The number of aromatic nitrogens is 4. The number of carbonyl (C=O) groups excluding carboxylic acids is 1. The number of pyridine rings is 2. The third-order valence-electron chi connectivity index (χ3n) is 5.17. The van der Waals surface area contributed by atoms with Crippen molar-refractivity contribution < 1.29 is 4.79 Å². The zero-order chi connectivity index (χ0) is 18.9. The molecule has 7 heteroatoms. The Morgan fingerprint density at radius 3 is 2.82 bits per heavy atom. The summed E-state index contributed by atoms with van der Waals surface area (Å²) in [5, 5.41) is 6.68. The summed E-state index contributed by atoms with van der Waals surface area (Å²) in [5.74, 6) is 1.10. The molecule has 1 aliphatic heterocycles. The lowest BCUT2D eigenvalue weighted by atomic mass is 9.97. The number of likely N-dealkylation sites (tertiary alicyclic amines) is 1. The number of thiophene rings is 1. The minimum atomic E-state index is 0.114. The van der Waals surface area contributed by atoms with E-state index in [1.165, 1.54) is 11.3 Å². The molecule has 0 aliphatic carbocycles. The Balaban J connectivity index is 1.40. The van der Waals surface area contributed by atoms with Crippen LogP contribution >= 0.6 is 11.3 Å². The molecule has 0 radical (unpaired) electrons. The summed E-state index contributed by atoms with van der Waals surface area (Å²) in [5.41, 5.74) is 3.00. The van der Waals surface area contributed by atoms with Gasteiger partial charge in [0.2, 0.25) is 0 Å². The number of fused-ring (bicyclic) bond motifs is 1. The molecule has 0 aromatic carbocycles. The van der Waals surface area contributed by atoms with E-state index in [9.17, 15) is 4.79 Å². The molecular formula is C21H19N5OS.